The number of cyclic esters (lactones) is 1. The number of nitrogens with zero attached hydrogens (tertiary/aromatic N) is 1. The number of ether oxygens (including phenoxy) is 1. The van der Waals surface area contributed by atoms with E-state index in [2.05, 4.69) is 5.32 Å². The molecule has 0 aromatic heterocycles. The summed E-state index contributed by atoms with van der Waals surface area (Å²) in [7, 11) is 0. The summed E-state index contributed by atoms with van der Waals surface area (Å²) in [6.45, 7) is 3.06. The largest absolute Gasteiger partial charge is 0.447 e. The number of alkyl carbamates (subject to hydrolysis) is 1. The van der Waals surface area contributed by atoms with Crippen LogP contribution in [-0.4, -0.2) is 42.1 Å². The van der Waals surface area contributed by atoms with Gasteiger partial charge in [-0.3, -0.25) is 4.79 Å². The van der Waals surface area contributed by atoms with Crippen molar-refractivity contribution in [2.75, 3.05) is 19.7 Å². The molecular formula is C7H10N2O3. The van der Waals surface area contributed by atoms with E-state index in [-0.39, 0.29) is 17.5 Å². The molecule has 5 nitrogen and oxygen atoms in total. The minimum Gasteiger partial charge on any atom is -0.447 e. The second-order valence-corrected chi connectivity index (χ2v) is 3.36. The summed E-state index contributed by atoms with van der Waals surface area (Å²) in [6.07, 6.45) is -0.377. The molecule has 0 unspecified atom stereocenters. The lowest BCUT2D eigenvalue weighted by molar-refractivity contribution is -0.136. The van der Waals surface area contributed by atoms with Gasteiger partial charge < -0.3 is 15.0 Å². The van der Waals surface area contributed by atoms with Crippen LogP contribution in [0.1, 0.15) is 6.92 Å². The smallest absolute Gasteiger partial charge is 0.407 e. The molecular weight excluding hydrogens is 160 g/mol. The first-order chi connectivity index (χ1) is 5.61. The van der Waals surface area contributed by atoms with E-state index in [9.17, 15) is 9.59 Å². The Bertz CT molecular complexity index is 245. The van der Waals surface area contributed by atoms with Crippen molar-refractivity contribution in [3.05, 3.63) is 0 Å². The third-order valence-corrected chi connectivity index (χ3v) is 2.28. The van der Waals surface area contributed by atoms with Crippen LogP contribution in [0.3, 0.4) is 0 Å². The van der Waals surface area contributed by atoms with Crippen molar-refractivity contribution in [1.29, 1.82) is 0 Å². The number of hydrogen-bond acceptors (Lipinski definition) is 3. The third-order valence-electron chi connectivity index (χ3n) is 2.28. The van der Waals surface area contributed by atoms with E-state index in [1.807, 2.05) is 0 Å². The predicted molar refractivity (Wildman–Crippen MR) is 39.5 cm³/mol. The fourth-order valence-corrected chi connectivity index (χ4v) is 1.57. The van der Waals surface area contributed by atoms with Crippen LogP contribution >= 0.6 is 0 Å². The van der Waals surface area contributed by atoms with Crippen LogP contribution in [0, 0.1) is 0 Å². The summed E-state index contributed by atoms with van der Waals surface area (Å²) < 4.78 is 4.75. The lowest BCUT2D eigenvalue weighted by Crippen LogP contribution is -2.69. The van der Waals surface area contributed by atoms with Gasteiger partial charge in [-0.1, -0.05) is 0 Å². The van der Waals surface area contributed by atoms with Crippen molar-refractivity contribution in [1.82, 2.24) is 10.2 Å². The third kappa shape index (κ3) is 0.929. The summed E-state index contributed by atoms with van der Waals surface area (Å²) in [4.78, 5) is 23.2. The Morgan fingerprint density at radius 3 is 2.75 bits per heavy atom. The summed E-state index contributed by atoms with van der Waals surface area (Å²) >= 11 is 0. The quantitative estimate of drug-likeness (QED) is 0.524. The Morgan fingerprint density at radius 1 is 1.67 bits per heavy atom. The minimum atomic E-state index is -0.377. The molecule has 5 heteroatoms. The fourth-order valence-electron chi connectivity index (χ4n) is 1.57. The number of carbonyl (C=O) groups excluding carboxylic acids is 2. The number of rotatable bonds is 0. The average Bonchev–Trinajstić information content (AvgIpc) is 2.27. The van der Waals surface area contributed by atoms with Crippen molar-refractivity contribution in [2.45, 2.75) is 12.5 Å². The Labute approximate surface area is 69.7 Å². The summed E-state index contributed by atoms with van der Waals surface area (Å²) in [5.41, 5.74) is -0.275. The molecule has 66 valence electrons. The fraction of sp³-hybridized carbons (Fsp3) is 0.714. The molecule has 0 saturated carbocycles. The van der Waals surface area contributed by atoms with Gasteiger partial charge in [0.25, 0.3) is 0 Å². The van der Waals surface area contributed by atoms with Crippen LogP contribution < -0.4 is 5.32 Å². The topological polar surface area (TPSA) is 58.6 Å². The maximum atomic E-state index is 10.8. The minimum absolute atomic E-state index is 0.0433. The highest BCUT2D eigenvalue weighted by Gasteiger charge is 2.50. The molecule has 0 aromatic rings. The van der Waals surface area contributed by atoms with Gasteiger partial charge in [0, 0.05) is 20.0 Å². The molecule has 0 bridgehead atoms. The SMILES string of the molecule is CC(=O)N1CC2(COC(=O)N2)C1. The Hall–Kier alpha value is -1.26. The first-order valence-corrected chi connectivity index (χ1v) is 3.82. The molecule has 0 atom stereocenters. The second kappa shape index (κ2) is 2.12. The van der Waals surface area contributed by atoms with Crippen LogP contribution in [0.15, 0.2) is 0 Å². The highest BCUT2D eigenvalue weighted by atomic mass is 16.6. The Balaban J connectivity index is 1.95. The zero-order valence-corrected chi connectivity index (χ0v) is 6.79. The highest BCUT2D eigenvalue weighted by Crippen LogP contribution is 2.24. The van der Waals surface area contributed by atoms with Crippen molar-refractivity contribution in [3.8, 4) is 0 Å². The summed E-state index contributed by atoms with van der Waals surface area (Å²) in [5, 5.41) is 2.70. The Kier molecular flexibility index (Phi) is 1.31. The lowest BCUT2D eigenvalue weighted by atomic mass is 9.92. The number of likely N-dealkylation sites (tertiary alicyclic amines) is 1. The van der Waals surface area contributed by atoms with Gasteiger partial charge in [0.1, 0.15) is 12.1 Å². The average molecular weight is 170 g/mol. The van der Waals surface area contributed by atoms with Crippen LogP contribution in [0.2, 0.25) is 0 Å². The molecule has 12 heavy (non-hydrogen) atoms. The van der Waals surface area contributed by atoms with E-state index in [0.29, 0.717) is 19.7 Å². The molecule has 0 aromatic carbocycles. The van der Waals surface area contributed by atoms with E-state index < -0.39 is 0 Å². The van der Waals surface area contributed by atoms with Crippen LogP contribution in [0.4, 0.5) is 4.79 Å². The van der Waals surface area contributed by atoms with Gasteiger partial charge in [-0.2, -0.15) is 0 Å². The monoisotopic (exact) mass is 170 g/mol. The van der Waals surface area contributed by atoms with Crippen molar-refractivity contribution >= 4 is 12.0 Å². The molecule has 0 radical (unpaired) electrons. The number of hydrogen-bond donors (Lipinski definition) is 1. The standard InChI is InChI=1S/C7H10N2O3/c1-5(10)9-2-7(3-9)4-12-6(11)8-7/h2-4H2,1H3,(H,8,11). The van der Waals surface area contributed by atoms with Gasteiger partial charge in [0.2, 0.25) is 5.91 Å². The van der Waals surface area contributed by atoms with Crippen LogP contribution in [-0.2, 0) is 9.53 Å². The number of nitrogens with one attached hydrogen (secondary N) is 1. The molecule has 2 saturated heterocycles. The maximum absolute atomic E-state index is 10.8. The molecule has 1 N–H and O–H groups in total. The van der Waals surface area contributed by atoms with Gasteiger partial charge >= 0.3 is 6.09 Å². The lowest BCUT2D eigenvalue weighted by Gasteiger charge is -2.45. The van der Waals surface area contributed by atoms with Gasteiger partial charge in [0.05, 0.1) is 0 Å². The van der Waals surface area contributed by atoms with E-state index in [4.69, 9.17) is 4.74 Å². The summed E-state index contributed by atoms with van der Waals surface area (Å²) in [6, 6.07) is 0. The zero-order valence-electron chi connectivity index (χ0n) is 6.79. The molecule has 2 heterocycles. The second-order valence-electron chi connectivity index (χ2n) is 3.36. The highest BCUT2D eigenvalue weighted by molar-refractivity contribution is 5.77. The Morgan fingerprint density at radius 2 is 2.33 bits per heavy atom. The van der Waals surface area contributed by atoms with Crippen LogP contribution in [0.25, 0.3) is 0 Å². The number of amides is 2. The number of carbonyl (C=O) groups is 2. The van der Waals surface area contributed by atoms with Crippen molar-refractivity contribution < 1.29 is 14.3 Å². The summed E-state index contributed by atoms with van der Waals surface area (Å²) in [5.74, 6) is 0.0433. The molecule has 2 aliphatic rings. The first kappa shape index (κ1) is 7.39. The maximum Gasteiger partial charge on any atom is 0.407 e. The molecule has 2 amide bonds. The van der Waals surface area contributed by atoms with E-state index in [1.54, 1.807) is 4.90 Å². The molecule has 0 aliphatic carbocycles. The van der Waals surface area contributed by atoms with Gasteiger partial charge in [-0.15, -0.1) is 0 Å². The van der Waals surface area contributed by atoms with E-state index in [1.165, 1.54) is 6.92 Å². The van der Waals surface area contributed by atoms with Gasteiger partial charge in [0.15, 0.2) is 0 Å². The predicted octanol–water partition coefficient (Wildman–Crippen LogP) is -0.673. The van der Waals surface area contributed by atoms with Crippen molar-refractivity contribution in [3.63, 3.8) is 0 Å². The van der Waals surface area contributed by atoms with Crippen LogP contribution in [0.5, 0.6) is 0 Å². The van der Waals surface area contributed by atoms with E-state index >= 15 is 0 Å². The molecule has 1 spiro atoms. The molecule has 2 rings (SSSR count). The normalized spacial score (nSPS) is 24.8. The first-order valence-electron chi connectivity index (χ1n) is 3.82. The van der Waals surface area contributed by atoms with Gasteiger partial charge in [-0.05, 0) is 0 Å². The van der Waals surface area contributed by atoms with Crippen molar-refractivity contribution in [2.24, 2.45) is 0 Å². The molecule has 2 aliphatic heterocycles. The van der Waals surface area contributed by atoms with Gasteiger partial charge in [-0.25, -0.2) is 4.79 Å². The zero-order chi connectivity index (χ0) is 8.77. The molecule has 2 fully saturated rings. The van der Waals surface area contributed by atoms with E-state index in [0.717, 1.165) is 0 Å².